The number of benzene rings is 2. The van der Waals surface area contributed by atoms with Gasteiger partial charge in [0.2, 0.25) is 15.9 Å². The van der Waals surface area contributed by atoms with Crippen LogP contribution in [0.5, 0.6) is 0 Å². The van der Waals surface area contributed by atoms with Crippen LogP contribution in [0.4, 0.5) is 0 Å². The molecular formula is C26H32N2O6S. The first-order chi connectivity index (χ1) is 16.6. The van der Waals surface area contributed by atoms with Gasteiger partial charge in [0.25, 0.3) is 0 Å². The van der Waals surface area contributed by atoms with Crippen LogP contribution >= 0.6 is 0 Å². The molecule has 3 atom stereocenters. The van der Waals surface area contributed by atoms with Crippen LogP contribution in [0, 0.1) is 0 Å². The van der Waals surface area contributed by atoms with E-state index in [4.69, 9.17) is 4.74 Å². The highest BCUT2D eigenvalue weighted by molar-refractivity contribution is 7.89. The summed E-state index contributed by atoms with van der Waals surface area (Å²) in [5, 5.41) is 12.4. The first-order valence-electron chi connectivity index (χ1n) is 11.7. The number of hydrogen-bond acceptors (Lipinski definition) is 5. The van der Waals surface area contributed by atoms with Gasteiger partial charge >= 0.3 is 5.97 Å². The predicted molar refractivity (Wildman–Crippen MR) is 133 cm³/mol. The molecule has 35 heavy (non-hydrogen) atoms. The second kappa shape index (κ2) is 11.6. The molecule has 9 heteroatoms. The summed E-state index contributed by atoms with van der Waals surface area (Å²) in [7, 11) is -4.02. The average molecular weight is 501 g/mol. The Kier molecular flexibility index (Phi) is 8.82. The largest absolute Gasteiger partial charge is 0.478 e. The summed E-state index contributed by atoms with van der Waals surface area (Å²) in [5.74, 6) is -1.52. The summed E-state index contributed by atoms with van der Waals surface area (Å²) >= 11 is 0. The van der Waals surface area contributed by atoms with Gasteiger partial charge in [0.15, 0.2) is 0 Å². The zero-order valence-electron chi connectivity index (χ0n) is 20.1. The SMILES string of the molecule is CCC(CC)O[C@@H]1C=C(C(=O)O)C[C@H](NS(=O)(=O)c2ccc(-c3ccccc3)cc2)[C@H]1NC(C)=O. The van der Waals surface area contributed by atoms with Crippen LogP contribution in [0.3, 0.4) is 0 Å². The highest BCUT2D eigenvalue weighted by atomic mass is 32.2. The monoisotopic (exact) mass is 500 g/mol. The molecule has 8 nitrogen and oxygen atoms in total. The molecule has 1 aliphatic rings. The normalized spacial score (nSPS) is 20.3. The van der Waals surface area contributed by atoms with E-state index in [9.17, 15) is 23.1 Å². The maximum Gasteiger partial charge on any atom is 0.331 e. The van der Waals surface area contributed by atoms with Gasteiger partial charge in [-0.2, -0.15) is 0 Å². The van der Waals surface area contributed by atoms with Crippen LogP contribution in [-0.4, -0.2) is 49.7 Å². The van der Waals surface area contributed by atoms with Crippen LogP contribution < -0.4 is 10.0 Å². The van der Waals surface area contributed by atoms with Crippen LogP contribution in [0.15, 0.2) is 71.1 Å². The number of carboxylic acids is 1. The summed E-state index contributed by atoms with van der Waals surface area (Å²) in [5.41, 5.74) is 1.86. The minimum absolute atomic E-state index is 0.0367. The van der Waals surface area contributed by atoms with Crippen molar-refractivity contribution in [2.75, 3.05) is 0 Å². The fourth-order valence-electron chi connectivity index (χ4n) is 4.21. The second-order valence-electron chi connectivity index (χ2n) is 8.58. The number of carbonyl (C=O) groups is 2. The van der Waals surface area contributed by atoms with Gasteiger partial charge in [0, 0.05) is 18.5 Å². The molecule has 1 aliphatic carbocycles. The molecule has 188 valence electrons. The van der Waals surface area contributed by atoms with Gasteiger partial charge in [0.1, 0.15) is 0 Å². The van der Waals surface area contributed by atoms with Gasteiger partial charge in [-0.1, -0.05) is 56.3 Å². The summed E-state index contributed by atoms with van der Waals surface area (Å²) in [4.78, 5) is 23.8. The molecular weight excluding hydrogens is 468 g/mol. The van der Waals surface area contributed by atoms with E-state index in [1.165, 1.54) is 25.1 Å². The Bertz CT molecular complexity index is 1160. The van der Waals surface area contributed by atoms with Crippen molar-refractivity contribution in [3.05, 3.63) is 66.2 Å². The lowest BCUT2D eigenvalue weighted by molar-refractivity contribution is -0.133. The lowest BCUT2D eigenvalue weighted by Gasteiger charge is -2.38. The molecule has 0 spiro atoms. The molecule has 0 heterocycles. The van der Waals surface area contributed by atoms with Gasteiger partial charge in [-0.3, -0.25) is 4.79 Å². The maximum absolute atomic E-state index is 13.3. The third-order valence-corrected chi connectivity index (χ3v) is 7.58. The summed E-state index contributed by atoms with van der Waals surface area (Å²) < 4.78 is 35.3. The van der Waals surface area contributed by atoms with E-state index < -0.39 is 34.2 Å². The summed E-state index contributed by atoms with van der Waals surface area (Å²) in [6.45, 7) is 5.23. The van der Waals surface area contributed by atoms with Gasteiger partial charge < -0.3 is 15.2 Å². The Hall–Kier alpha value is -3.01. The Balaban J connectivity index is 1.90. The first kappa shape index (κ1) is 26.6. The molecule has 0 aliphatic heterocycles. The molecule has 0 saturated heterocycles. The number of nitrogens with one attached hydrogen (secondary N) is 2. The van der Waals surface area contributed by atoms with Crippen molar-refractivity contribution in [2.45, 2.75) is 69.2 Å². The zero-order valence-corrected chi connectivity index (χ0v) is 20.9. The number of sulfonamides is 1. The second-order valence-corrected chi connectivity index (χ2v) is 10.3. The number of hydrogen-bond donors (Lipinski definition) is 3. The lowest BCUT2D eigenvalue weighted by Crippen LogP contribution is -2.59. The molecule has 0 fully saturated rings. The van der Waals surface area contributed by atoms with E-state index in [1.807, 2.05) is 44.2 Å². The van der Waals surface area contributed by atoms with Gasteiger partial charge in [-0.15, -0.1) is 0 Å². The molecule has 3 rings (SSSR count). The smallest absolute Gasteiger partial charge is 0.331 e. The van der Waals surface area contributed by atoms with Crippen LogP contribution in [-0.2, 0) is 24.3 Å². The Morgan fingerprint density at radius 2 is 1.63 bits per heavy atom. The maximum atomic E-state index is 13.3. The third-order valence-electron chi connectivity index (χ3n) is 6.08. The molecule has 0 bridgehead atoms. The van der Waals surface area contributed by atoms with Gasteiger partial charge in [0.05, 0.1) is 23.1 Å². The third kappa shape index (κ3) is 6.78. The van der Waals surface area contributed by atoms with Crippen molar-refractivity contribution in [1.29, 1.82) is 0 Å². The fraction of sp³-hybridized carbons (Fsp3) is 0.385. The molecule has 2 aromatic rings. The lowest BCUT2D eigenvalue weighted by atomic mass is 9.88. The number of amides is 1. The predicted octanol–water partition coefficient (Wildman–Crippen LogP) is 3.49. The highest BCUT2D eigenvalue weighted by Crippen LogP contribution is 2.27. The average Bonchev–Trinajstić information content (AvgIpc) is 2.84. The van der Waals surface area contributed by atoms with Crippen molar-refractivity contribution < 1.29 is 27.9 Å². The number of ether oxygens (including phenoxy) is 1. The van der Waals surface area contributed by atoms with E-state index in [-0.39, 0.29) is 28.9 Å². The summed E-state index contributed by atoms with van der Waals surface area (Å²) in [6.07, 6.45) is 1.81. The Labute approximate surface area is 206 Å². The standard InChI is InChI=1S/C26H32N2O6S/c1-4-21(5-2)34-24-16-20(26(30)31)15-23(25(24)27-17(3)29)28-35(32,33)22-13-11-19(12-14-22)18-9-7-6-8-10-18/h6-14,16,21,23-25,28H,4-5,15H2,1-3H3,(H,27,29)(H,30,31)/t23-,24+,25+/m0/s1. The van der Waals surface area contributed by atoms with E-state index in [2.05, 4.69) is 10.0 Å². The molecule has 0 aromatic heterocycles. The molecule has 0 saturated carbocycles. The van der Waals surface area contributed by atoms with Crippen LogP contribution in [0.1, 0.15) is 40.0 Å². The van der Waals surface area contributed by atoms with Crippen molar-refractivity contribution in [3.63, 3.8) is 0 Å². The van der Waals surface area contributed by atoms with Gasteiger partial charge in [-0.05, 0) is 48.6 Å². The van der Waals surface area contributed by atoms with Crippen LogP contribution in [0.25, 0.3) is 11.1 Å². The van der Waals surface area contributed by atoms with Crippen molar-refractivity contribution >= 4 is 21.9 Å². The minimum Gasteiger partial charge on any atom is -0.478 e. The van der Waals surface area contributed by atoms with Crippen molar-refractivity contribution in [2.24, 2.45) is 0 Å². The Morgan fingerprint density at radius 3 is 2.17 bits per heavy atom. The van der Waals surface area contributed by atoms with Crippen LogP contribution in [0.2, 0.25) is 0 Å². The van der Waals surface area contributed by atoms with E-state index in [0.29, 0.717) is 12.8 Å². The first-order valence-corrected chi connectivity index (χ1v) is 13.2. The molecule has 2 aromatic carbocycles. The van der Waals surface area contributed by atoms with E-state index in [1.54, 1.807) is 12.1 Å². The highest BCUT2D eigenvalue weighted by Gasteiger charge is 2.39. The number of carboxylic acid groups (broad SMARTS) is 1. The minimum atomic E-state index is -4.02. The van der Waals surface area contributed by atoms with Crippen molar-refractivity contribution in [1.82, 2.24) is 10.0 Å². The Morgan fingerprint density at radius 1 is 1.03 bits per heavy atom. The molecule has 0 unspecified atom stereocenters. The van der Waals surface area contributed by atoms with Gasteiger partial charge in [-0.25, -0.2) is 17.9 Å². The van der Waals surface area contributed by atoms with E-state index in [0.717, 1.165) is 11.1 Å². The topological polar surface area (TPSA) is 122 Å². The van der Waals surface area contributed by atoms with E-state index >= 15 is 0 Å². The zero-order chi connectivity index (χ0) is 25.6. The number of carbonyl (C=O) groups excluding carboxylic acids is 1. The quantitative estimate of drug-likeness (QED) is 0.459. The fourth-order valence-corrected chi connectivity index (χ4v) is 5.46. The molecule has 1 amide bonds. The molecule has 3 N–H and O–H groups in total. The van der Waals surface area contributed by atoms with Crippen molar-refractivity contribution in [3.8, 4) is 11.1 Å². The molecule has 0 radical (unpaired) electrons. The number of rotatable bonds is 10. The summed E-state index contributed by atoms with van der Waals surface area (Å²) in [6, 6.07) is 14.4. The number of aliphatic carboxylic acids is 1.